The number of fused-ring (bicyclic) bond motifs is 8. The summed E-state index contributed by atoms with van der Waals surface area (Å²) in [6.07, 6.45) is 8.30. The highest BCUT2D eigenvalue weighted by Gasteiger charge is 2.44. The Bertz CT molecular complexity index is 2630. The van der Waals surface area contributed by atoms with Crippen LogP contribution in [-0.2, 0) is 30.1 Å². The first-order valence-electron chi connectivity index (χ1n) is 22.2. The third kappa shape index (κ3) is 8.95. The van der Waals surface area contributed by atoms with E-state index in [-0.39, 0.29) is 43.6 Å². The Balaban J connectivity index is 1.02. The van der Waals surface area contributed by atoms with Gasteiger partial charge in [-0.2, -0.15) is 0 Å². The Labute approximate surface area is 375 Å². The van der Waals surface area contributed by atoms with E-state index in [4.69, 9.17) is 33.5 Å². The predicted molar refractivity (Wildman–Crippen MR) is 250 cm³/mol. The molecule has 0 radical (unpaired) electrons. The van der Waals surface area contributed by atoms with Gasteiger partial charge in [0.25, 0.3) is 0 Å². The topological polar surface area (TPSA) is 110 Å². The summed E-state index contributed by atoms with van der Waals surface area (Å²) in [5, 5.41) is 10.9. The molecule has 9 nitrogen and oxygen atoms in total. The fraction of sp³-hybridized carbons (Fsp3) is 0.309. The molecule has 2 aliphatic rings. The van der Waals surface area contributed by atoms with E-state index in [1.807, 2.05) is 60.7 Å². The van der Waals surface area contributed by atoms with Crippen LogP contribution in [0.5, 0.6) is 23.0 Å². The summed E-state index contributed by atoms with van der Waals surface area (Å²) in [6, 6.07) is 39.5. The van der Waals surface area contributed by atoms with Crippen molar-refractivity contribution in [3.05, 3.63) is 149 Å². The van der Waals surface area contributed by atoms with Crippen LogP contribution in [0.25, 0.3) is 39.1 Å². The number of hydrogen-bond acceptors (Lipinski definition) is 9. The number of methoxy groups -OCH3 is 2. The van der Waals surface area contributed by atoms with Crippen LogP contribution in [-0.4, -0.2) is 57.7 Å². The average molecular weight is 861 g/mol. The summed E-state index contributed by atoms with van der Waals surface area (Å²) >= 11 is 0. The van der Waals surface area contributed by atoms with Crippen LogP contribution in [0.15, 0.2) is 121 Å². The average Bonchev–Trinajstić information content (AvgIpc) is 3.57. The van der Waals surface area contributed by atoms with Crippen molar-refractivity contribution in [2.75, 3.05) is 40.6 Å². The molecule has 0 spiro atoms. The molecule has 1 heterocycles. The first kappa shape index (κ1) is 44.0. The molecular weight excluding hydrogens is 805 g/mol. The summed E-state index contributed by atoms with van der Waals surface area (Å²) in [7, 11) is 3.37. The summed E-state index contributed by atoms with van der Waals surface area (Å²) < 4.78 is 35.6. The fourth-order valence-electron chi connectivity index (χ4n) is 9.09. The lowest BCUT2D eigenvalue weighted by atomic mass is 9.76. The third-order valence-electron chi connectivity index (χ3n) is 12.4. The number of carbonyl (C=O) groups is 2. The molecule has 0 bridgehead atoms. The first-order chi connectivity index (χ1) is 31.2. The highest BCUT2D eigenvalue weighted by Crippen LogP contribution is 2.59. The highest BCUT2D eigenvalue weighted by atomic mass is 16.6. The summed E-state index contributed by atoms with van der Waals surface area (Å²) in [5.74, 6) is 2.42. The lowest BCUT2D eigenvalue weighted by Crippen LogP contribution is -2.35. The zero-order chi connectivity index (χ0) is 44.7. The standard InChI is InChI=1S/C55H56O9/c1-54(2)48-35-38(37-13-7-5-8-14-37)17-27-45(48)51-47-36-43(60-4)26-28-44(47)53-46(52(51)54)29-30-55(64-53,39-18-22-41(59-3)23-19-39)40-20-24-42(25-21-40)61-33-34-63-50(58)15-9-6-12-32-62-49(57)16-10-11-31-56/h5,7-8,13-14,17-30,35-36,56H,6,9-12,15-16,31-34H2,1-4H3. The molecular formula is C55H56O9. The van der Waals surface area contributed by atoms with Crippen LogP contribution in [0.2, 0.25) is 0 Å². The molecule has 0 saturated heterocycles. The Morgan fingerprint density at radius 2 is 1.28 bits per heavy atom. The van der Waals surface area contributed by atoms with Crippen molar-refractivity contribution in [2.45, 2.75) is 69.8 Å². The molecule has 0 saturated carbocycles. The van der Waals surface area contributed by atoms with Gasteiger partial charge in [-0.05, 0) is 125 Å². The molecule has 64 heavy (non-hydrogen) atoms. The lowest BCUT2D eigenvalue weighted by Gasteiger charge is -2.38. The highest BCUT2D eigenvalue weighted by molar-refractivity contribution is 6.09. The zero-order valence-corrected chi connectivity index (χ0v) is 37.1. The molecule has 6 aromatic rings. The number of carbonyl (C=O) groups excluding carboxylic acids is 2. The van der Waals surface area contributed by atoms with Crippen LogP contribution in [0, 0.1) is 0 Å². The molecule has 9 heteroatoms. The monoisotopic (exact) mass is 860 g/mol. The number of esters is 2. The Morgan fingerprint density at radius 3 is 1.97 bits per heavy atom. The van der Waals surface area contributed by atoms with Crippen molar-refractivity contribution in [1.82, 2.24) is 0 Å². The van der Waals surface area contributed by atoms with Gasteiger partial charge in [-0.15, -0.1) is 0 Å². The Kier molecular flexibility index (Phi) is 13.4. The van der Waals surface area contributed by atoms with Gasteiger partial charge in [-0.25, -0.2) is 0 Å². The van der Waals surface area contributed by atoms with Crippen LogP contribution < -0.4 is 18.9 Å². The molecule has 1 aliphatic carbocycles. The predicted octanol–water partition coefficient (Wildman–Crippen LogP) is 11.4. The number of aliphatic hydroxyl groups is 1. The number of ether oxygens (including phenoxy) is 6. The Morgan fingerprint density at radius 1 is 0.625 bits per heavy atom. The van der Waals surface area contributed by atoms with Gasteiger partial charge in [0.1, 0.15) is 36.2 Å². The van der Waals surface area contributed by atoms with E-state index in [1.54, 1.807) is 14.2 Å². The second kappa shape index (κ2) is 19.4. The normalized spacial score (nSPS) is 15.4. The molecule has 0 aromatic heterocycles. The van der Waals surface area contributed by atoms with Gasteiger partial charge in [-0.1, -0.05) is 86.7 Å². The fourth-order valence-corrected chi connectivity index (χ4v) is 9.09. The third-order valence-corrected chi connectivity index (χ3v) is 12.4. The van der Waals surface area contributed by atoms with Gasteiger partial charge < -0.3 is 33.5 Å². The largest absolute Gasteiger partial charge is 0.497 e. The van der Waals surface area contributed by atoms with Crippen molar-refractivity contribution in [2.24, 2.45) is 0 Å². The molecule has 0 amide bonds. The van der Waals surface area contributed by atoms with Gasteiger partial charge >= 0.3 is 11.9 Å². The molecule has 330 valence electrons. The van der Waals surface area contributed by atoms with E-state index in [1.165, 1.54) is 33.4 Å². The molecule has 1 unspecified atom stereocenters. The van der Waals surface area contributed by atoms with Gasteiger partial charge in [0.05, 0.1) is 20.8 Å². The van der Waals surface area contributed by atoms with Crippen molar-refractivity contribution < 1.29 is 43.1 Å². The van der Waals surface area contributed by atoms with E-state index < -0.39 is 5.60 Å². The molecule has 1 aliphatic heterocycles. The Hall–Kier alpha value is -6.58. The second-order valence-corrected chi connectivity index (χ2v) is 16.9. The maximum Gasteiger partial charge on any atom is 0.305 e. The van der Waals surface area contributed by atoms with Crippen LogP contribution in [0.4, 0.5) is 0 Å². The molecule has 0 fully saturated rings. The molecule has 6 aromatic carbocycles. The van der Waals surface area contributed by atoms with E-state index in [0.29, 0.717) is 44.5 Å². The minimum absolute atomic E-state index is 0.0729. The maximum atomic E-state index is 12.4. The van der Waals surface area contributed by atoms with Gasteiger partial charge in [-0.3, -0.25) is 9.59 Å². The minimum Gasteiger partial charge on any atom is -0.497 e. The number of rotatable bonds is 19. The smallest absolute Gasteiger partial charge is 0.305 e. The number of unbranched alkanes of at least 4 members (excludes halogenated alkanes) is 3. The van der Waals surface area contributed by atoms with Crippen molar-refractivity contribution in [1.29, 1.82) is 0 Å². The van der Waals surface area contributed by atoms with Crippen LogP contribution in [0.3, 0.4) is 0 Å². The van der Waals surface area contributed by atoms with Crippen molar-refractivity contribution in [3.8, 4) is 45.3 Å². The summed E-state index contributed by atoms with van der Waals surface area (Å²) in [5.41, 5.74) is 8.81. The number of hydrogen-bond donors (Lipinski definition) is 1. The summed E-state index contributed by atoms with van der Waals surface area (Å²) in [4.78, 5) is 24.1. The van der Waals surface area contributed by atoms with Gasteiger partial charge in [0, 0.05) is 46.9 Å². The van der Waals surface area contributed by atoms with Crippen molar-refractivity contribution in [3.63, 3.8) is 0 Å². The van der Waals surface area contributed by atoms with Gasteiger partial charge in [0.15, 0.2) is 5.60 Å². The van der Waals surface area contributed by atoms with Crippen LogP contribution in [0.1, 0.15) is 86.6 Å². The van der Waals surface area contributed by atoms with Crippen LogP contribution >= 0.6 is 0 Å². The zero-order valence-electron chi connectivity index (χ0n) is 37.1. The van der Waals surface area contributed by atoms with E-state index in [2.05, 4.69) is 80.6 Å². The van der Waals surface area contributed by atoms with Gasteiger partial charge in [0.2, 0.25) is 0 Å². The number of benzene rings is 6. The summed E-state index contributed by atoms with van der Waals surface area (Å²) in [6.45, 7) is 5.35. The minimum atomic E-state index is -1.01. The van der Waals surface area contributed by atoms with Crippen molar-refractivity contribution >= 4 is 28.8 Å². The molecule has 1 N–H and O–H groups in total. The van der Waals surface area contributed by atoms with E-state index in [0.717, 1.165) is 51.1 Å². The maximum absolute atomic E-state index is 12.4. The molecule has 1 atom stereocenters. The molecule has 8 rings (SSSR count). The second-order valence-electron chi connectivity index (χ2n) is 16.9. The lowest BCUT2D eigenvalue weighted by molar-refractivity contribution is -0.145. The first-order valence-corrected chi connectivity index (χ1v) is 22.2. The van der Waals surface area contributed by atoms with E-state index >= 15 is 0 Å². The number of aliphatic hydroxyl groups excluding tert-OH is 1. The quantitative estimate of drug-likeness (QED) is 0.0629. The van der Waals surface area contributed by atoms with E-state index in [9.17, 15) is 9.59 Å². The SMILES string of the molecule is COc1ccc(C2(c3ccc(OCCOC(=O)CCCCCOC(=O)CCCCO)cc3)C=Cc3c4c(c5cc(OC)ccc5c3O2)-c2ccc(-c3ccccc3)cc2C4(C)C)cc1.